The monoisotopic (exact) mass is 316 g/mol. The van der Waals surface area contributed by atoms with Crippen molar-refractivity contribution >= 4 is 17.2 Å². The molecule has 2 aromatic rings. The van der Waals surface area contributed by atoms with Gasteiger partial charge in [-0.1, -0.05) is 0 Å². The van der Waals surface area contributed by atoms with Gasteiger partial charge in [0.15, 0.2) is 0 Å². The minimum Gasteiger partial charge on any atom is -0.363 e. The van der Waals surface area contributed by atoms with Crippen LogP contribution < -0.4 is 5.73 Å². The number of carbonyl (C=O) groups excluding carboxylic acids is 1. The third-order valence-electron chi connectivity index (χ3n) is 3.73. The molecule has 1 atom stereocenters. The summed E-state index contributed by atoms with van der Waals surface area (Å²) in [5.41, 5.74) is 5.19. The SMILES string of the molecule is N#Cc1ccc(CN2CCCC(n3cnc(C(N)=O)n3)C2)s1. The highest BCUT2D eigenvalue weighted by atomic mass is 32.1. The van der Waals surface area contributed by atoms with Gasteiger partial charge in [0.05, 0.1) is 6.04 Å². The summed E-state index contributed by atoms with van der Waals surface area (Å²) in [5, 5.41) is 13.0. The molecule has 1 unspecified atom stereocenters. The molecule has 0 bridgehead atoms. The highest BCUT2D eigenvalue weighted by molar-refractivity contribution is 7.12. The third kappa shape index (κ3) is 3.16. The summed E-state index contributed by atoms with van der Waals surface area (Å²) < 4.78 is 1.74. The lowest BCUT2D eigenvalue weighted by Gasteiger charge is -2.32. The first kappa shape index (κ1) is 14.7. The van der Waals surface area contributed by atoms with E-state index >= 15 is 0 Å². The number of nitrogens with two attached hydrogens (primary N) is 1. The average Bonchev–Trinajstić information content (AvgIpc) is 3.16. The molecule has 1 aliphatic rings. The van der Waals surface area contributed by atoms with Gasteiger partial charge in [-0.05, 0) is 31.5 Å². The van der Waals surface area contributed by atoms with Gasteiger partial charge in [0.25, 0.3) is 5.91 Å². The number of nitriles is 1. The van der Waals surface area contributed by atoms with Crippen molar-refractivity contribution in [3.8, 4) is 6.07 Å². The largest absolute Gasteiger partial charge is 0.363 e. The number of likely N-dealkylation sites (tertiary alicyclic amines) is 1. The zero-order valence-electron chi connectivity index (χ0n) is 12.0. The normalized spacial score (nSPS) is 19.0. The fourth-order valence-electron chi connectivity index (χ4n) is 2.70. The Balaban J connectivity index is 1.65. The van der Waals surface area contributed by atoms with Gasteiger partial charge in [-0.25, -0.2) is 9.67 Å². The van der Waals surface area contributed by atoms with Gasteiger partial charge >= 0.3 is 0 Å². The van der Waals surface area contributed by atoms with E-state index in [4.69, 9.17) is 11.0 Å². The zero-order chi connectivity index (χ0) is 15.5. The summed E-state index contributed by atoms with van der Waals surface area (Å²) in [4.78, 5) is 19.3. The molecule has 2 aromatic heterocycles. The summed E-state index contributed by atoms with van der Waals surface area (Å²) in [5.74, 6) is -0.539. The van der Waals surface area contributed by atoms with Gasteiger partial charge in [-0.3, -0.25) is 9.69 Å². The Morgan fingerprint density at radius 3 is 3.09 bits per heavy atom. The van der Waals surface area contributed by atoms with E-state index in [0.29, 0.717) is 0 Å². The minimum atomic E-state index is -0.603. The first-order valence-electron chi connectivity index (χ1n) is 7.08. The molecular formula is C14H16N6OS. The van der Waals surface area contributed by atoms with Crippen molar-refractivity contribution in [3.05, 3.63) is 34.0 Å². The molecular weight excluding hydrogens is 300 g/mol. The second-order valence-corrected chi connectivity index (χ2v) is 6.49. The lowest BCUT2D eigenvalue weighted by atomic mass is 10.1. The van der Waals surface area contributed by atoms with Gasteiger partial charge in [-0.2, -0.15) is 5.26 Å². The molecule has 1 saturated heterocycles. The van der Waals surface area contributed by atoms with Crippen molar-refractivity contribution in [3.63, 3.8) is 0 Å². The standard InChI is InChI=1S/C14H16N6OS/c15-6-11-3-4-12(22-11)8-19-5-1-2-10(7-19)20-9-17-14(18-20)13(16)21/h3-4,9-10H,1-2,5,7-8H2,(H2,16,21). The summed E-state index contributed by atoms with van der Waals surface area (Å²) in [7, 11) is 0. The van der Waals surface area contributed by atoms with Crippen LogP contribution in [-0.2, 0) is 6.54 Å². The Labute approximate surface area is 132 Å². The summed E-state index contributed by atoms with van der Waals surface area (Å²) in [6, 6.07) is 6.23. The van der Waals surface area contributed by atoms with E-state index in [9.17, 15) is 4.79 Å². The van der Waals surface area contributed by atoms with Gasteiger partial charge in [0.1, 0.15) is 17.3 Å². The van der Waals surface area contributed by atoms with E-state index in [1.54, 1.807) is 11.0 Å². The maximum absolute atomic E-state index is 11.1. The molecule has 1 fully saturated rings. The molecule has 1 aliphatic heterocycles. The number of primary amides is 1. The topological polar surface area (TPSA) is 101 Å². The van der Waals surface area contributed by atoms with E-state index < -0.39 is 5.91 Å². The second-order valence-electron chi connectivity index (χ2n) is 5.32. The van der Waals surface area contributed by atoms with Crippen LogP contribution in [0.25, 0.3) is 0 Å². The molecule has 1 amide bonds. The van der Waals surface area contributed by atoms with Gasteiger partial charge in [0.2, 0.25) is 5.82 Å². The van der Waals surface area contributed by atoms with E-state index in [0.717, 1.165) is 37.4 Å². The van der Waals surface area contributed by atoms with E-state index in [-0.39, 0.29) is 11.9 Å². The molecule has 7 nitrogen and oxygen atoms in total. The highest BCUT2D eigenvalue weighted by Gasteiger charge is 2.23. The zero-order valence-corrected chi connectivity index (χ0v) is 12.8. The number of piperidine rings is 1. The molecule has 8 heteroatoms. The lowest BCUT2D eigenvalue weighted by Crippen LogP contribution is -2.36. The Morgan fingerprint density at radius 1 is 1.55 bits per heavy atom. The van der Waals surface area contributed by atoms with Crippen LogP contribution in [0.1, 0.15) is 39.3 Å². The number of amides is 1. The quantitative estimate of drug-likeness (QED) is 0.911. The number of hydrogen-bond donors (Lipinski definition) is 1. The average molecular weight is 316 g/mol. The number of rotatable bonds is 4. The Bertz CT molecular complexity index is 715. The van der Waals surface area contributed by atoms with Crippen molar-refractivity contribution < 1.29 is 4.79 Å². The van der Waals surface area contributed by atoms with Crippen LogP contribution in [0.4, 0.5) is 0 Å². The van der Waals surface area contributed by atoms with Crippen molar-refractivity contribution in [2.24, 2.45) is 5.73 Å². The highest BCUT2D eigenvalue weighted by Crippen LogP contribution is 2.24. The molecule has 2 N–H and O–H groups in total. The van der Waals surface area contributed by atoms with Crippen LogP contribution in [0.2, 0.25) is 0 Å². The fourth-order valence-corrected chi connectivity index (χ4v) is 3.55. The minimum absolute atomic E-state index is 0.0639. The molecule has 114 valence electrons. The van der Waals surface area contributed by atoms with Gasteiger partial charge < -0.3 is 5.73 Å². The van der Waals surface area contributed by atoms with Crippen LogP contribution in [0.3, 0.4) is 0 Å². The molecule has 22 heavy (non-hydrogen) atoms. The number of aromatic nitrogens is 3. The summed E-state index contributed by atoms with van der Waals surface area (Å²) in [6.45, 7) is 2.70. The molecule has 0 radical (unpaired) electrons. The van der Waals surface area contributed by atoms with Crippen LogP contribution in [0.15, 0.2) is 18.5 Å². The van der Waals surface area contributed by atoms with Crippen LogP contribution in [0.5, 0.6) is 0 Å². The Hall–Kier alpha value is -2.24. The van der Waals surface area contributed by atoms with Crippen LogP contribution >= 0.6 is 11.3 Å². The number of carbonyl (C=O) groups is 1. The van der Waals surface area contributed by atoms with Gasteiger partial charge in [-0.15, -0.1) is 16.4 Å². The van der Waals surface area contributed by atoms with Crippen molar-refractivity contribution in [1.82, 2.24) is 19.7 Å². The van der Waals surface area contributed by atoms with E-state index in [1.165, 1.54) is 16.2 Å². The third-order valence-corrected chi connectivity index (χ3v) is 4.71. The maximum Gasteiger partial charge on any atom is 0.288 e. The molecule has 0 aliphatic carbocycles. The lowest BCUT2D eigenvalue weighted by molar-refractivity contribution is 0.0989. The Morgan fingerprint density at radius 2 is 2.41 bits per heavy atom. The van der Waals surface area contributed by atoms with Crippen molar-refractivity contribution in [2.75, 3.05) is 13.1 Å². The fraction of sp³-hybridized carbons (Fsp3) is 0.429. The summed E-state index contributed by atoms with van der Waals surface area (Å²) >= 11 is 1.53. The van der Waals surface area contributed by atoms with Crippen LogP contribution in [0, 0.1) is 11.3 Å². The molecule has 3 rings (SSSR count). The number of nitrogens with zero attached hydrogens (tertiary/aromatic N) is 5. The number of thiophene rings is 1. The Kier molecular flexibility index (Phi) is 4.18. The summed E-state index contributed by atoms with van der Waals surface area (Å²) in [6.07, 6.45) is 3.64. The second kappa shape index (κ2) is 6.25. The molecule has 3 heterocycles. The molecule has 0 saturated carbocycles. The van der Waals surface area contributed by atoms with Crippen molar-refractivity contribution in [2.45, 2.75) is 25.4 Å². The first-order chi connectivity index (χ1) is 10.7. The predicted molar refractivity (Wildman–Crippen MR) is 81.1 cm³/mol. The predicted octanol–water partition coefficient (Wildman–Crippen LogP) is 1.15. The van der Waals surface area contributed by atoms with Crippen molar-refractivity contribution in [1.29, 1.82) is 5.26 Å². The molecule has 0 spiro atoms. The van der Waals surface area contributed by atoms with Crippen LogP contribution in [-0.4, -0.2) is 38.7 Å². The number of hydrogen-bond acceptors (Lipinski definition) is 6. The van der Waals surface area contributed by atoms with E-state index in [2.05, 4.69) is 21.1 Å². The molecule has 0 aromatic carbocycles. The smallest absolute Gasteiger partial charge is 0.288 e. The van der Waals surface area contributed by atoms with E-state index in [1.807, 2.05) is 12.1 Å². The first-order valence-corrected chi connectivity index (χ1v) is 7.89. The van der Waals surface area contributed by atoms with Gasteiger partial charge in [0, 0.05) is 18.0 Å². The maximum atomic E-state index is 11.1.